The molecule has 0 radical (unpaired) electrons. The number of rotatable bonds is 4. The third kappa shape index (κ3) is 2.32. The van der Waals surface area contributed by atoms with Crippen molar-refractivity contribution < 1.29 is 0 Å². The first-order chi connectivity index (χ1) is 4.74. The third-order valence-corrected chi connectivity index (χ3v) is 2.71. The lowest BCUT2D eigenvalue weighted by Crippen LogP contribution is -1.89. The van der Waals surface area contributed by atoms with Crippen molar-refractivity contribution in [3.05, 3.63) is 0 Å². The van der Waals surface area contributed by atoms with E-state index in [4.69, 9.17) is 0 Å². The van der Waals surface area contributed by atoms with Crippen molar-refractivity contribution in [1.29, 1.82) is 0 Å². The van der Waals surface area contributed by atoms with Crippen molar-refractivity contribution in [1.82, 2.24) is 0 Å². The highest BCUT2D eigenvalue weighted by Crippen LogP contribution is 2.44. The van der Waals surface area contributed by atoms with Crippen LogP contribution >= 0.6 is 0 Å². The number of hydrogen-bond donors (Lipinski definition) is 0. The maximum Gasteiger partial charge on any atom is -0.0383 e. The lowest BCUT2D eigenvalue weighted by Gasteiger charge is -2.01. The predicted molar refractivity (Wildman–Crippen MR) is 46.0 cm³/mol. The Morgan fingerprint density at radius 3 is 2.40 bits per heavy atom. The van der Waals surface area contributed by atoms with Crippen LogP contribution in [0.1, 0.15) is 46.5 Å². The monoisotopic (exact) mass is 140 g/mol. The van der Waals surface area contributed by atoms with E-state index in [0.717, 1.165) is 17.8 Å². The molecule has 60 valence electrons. The van der Waals surface area contributed by atoms with Crippen LogP contribution in [0.3, 0.4) is 0 Å². The van der Waals surface area contributed by atoms with Gasteiger partial charge in [-0.2, -0.15) is 0 Å². The van der Waals surface area contributed by atoms with E-state index in [1.165, 1.54) is 25.7 Å². The normalized spacial score (nSPS) is 31.2. The van der Waals surface area contributed by atoms with Crippen molar-refractivity contribution >= 4 is 0 Å². The van der Waals surface area contributed by atoms with Gasteiger partial charge in [-0.05, 0) is 30.6 Å². The molecule has 0 amide bonds. The summed E-state index contributed by atoms with van der Waals surface area (Å²) in [7, 11) is 0. The van der Waals surface area contributed by atoms with E-state index in [-0.39, 0.29) is 0 Å². The van der Waals surface area contributed by atoms with E-state index >= 15 is 0 Å². The summed E-state index contributed by atoms with van der Waals surface area (Å²) in [6, 6.07) is 0. The van der Waals surface area contributed by atoms with Crippen LogP contribution in [-0.4, -0.2) is 0 Å². The second-order valence-electron chi connectivity index (χ2n) is 4.14. The van der Waals surface area contributed by atoms with Gasteiger partial charge in [-0.3, -0.25) is 0 Å². The fraction of sp³-hybridized carbons (Fsp3) is 1.00. The molecular weight excluding hydrogens is 120 g/mol. The molecule has 2 unspecified atom stereocenters. The Kier molecular flexibility index (Phi) is 2.76. The van der Waals surface area contributed by atoms with Crippen LogP contribution < -0.4 is 0 Å². The van der Waals surface area contributed by atoms with Crippen molar-refractivity contribution in [2.75, 3.05) is 0 Å². The highest BCUT2D eigenvalue weighted by atomic mass is 14.4. The summed E-state index contributed by atoms with van der Waals surface area (Å²) in [6.07, 6.45) is 5.89. The maximum atomic E-state index is 2.32. The van der Waals surface area contributed by atoms with Gasteiger partial charge in [0.05, 0.1) is 0 Å². The lowest BCUT2D eigenvalue weighted by atomic mass is 10.0. The minimum Gasteiger partial charge on any atom is -0.0651 e. The van der Waals surface area contributed by atoms with E-state index in [2.05, 4.69) is 20.8 Å². The molecule has 0 spiro atoms. The van der Waals surface area contributed by atoms with Gasteiger partial charge < -0.3 is 0 Å². The third-order valence-electron chi connectivity index (χ3n) is 2.71. The predicted octanol–water partition coefficient (Wildman–Crippen LogP) is 3.47. The lowest BCUT2D eigenvalue weighted by molar-refractivity contribution is 0.506. The molecule has 0 aromatic carbocycles. The summed E-state index contributed by atoms with van der Waals surface area (Å²) in [5.74, 6) is 3.14. The molecule has 0 aromatic rings. The SMILES string of the molecule is CCC1CC1CCC(C)C. The van der Waals surface area contributed by atoms with E-state index < -0.39 is 0 Å². The summed E-state index contributed by atoms with van der Waals surface area (Å²) < 4.78 is 0. The minimum absolute atomic E-state index is 0.915. The average Bonchev–Trinajstić information content (AvgIpc) is 2.61. The topological polar surface area (TPSA) is 0 Å². The van der Waals surface area contributed by atoms with Crippen LogP contribution in [0, 0.1) is 17.8 Å². The molecule has 0 aromatic heterocycles. The maximum absolute atomic E-state index is 2.32. The van der Waals surface area contributed by atoms with Crippen molar-refractivity contribution in [3.63, 3.8) is 0 Å². The summed E-state index contributed by atoms with van der Waals surface area (Å²) in [4.78, 5) is 0. The standard InChI is InChI=1S/C10H20/c1-4-9-7-10(9)6-5-8(2)3/h8-10H,4-7H2,1-3H3. The highest BCUT2D eigenvalue weighted by molar-refractivity contribution is 4.84. The van der Waals surface area contributed by atoms with Crippen LogP contribution in [0.15, 0.2) is 0 Å². The van der Waals surface area contributed by atoms with Gasteiger partial charge in [-0.1, -0.05) is 33.6 Å². The van der Waals surface area contributed by atoms with Crippen molar-refractivity contribution in [2.24, 2.45) is 17.8 Å². The van der Waals surface area contributed by atoms with Crippen LogP contribution in [0.5, 0.6) is 0 Å². The fourth-order valence-corrected chi connectivity index (χ4v) is 1.71. The Bertz CT molecular complexity index is 94.2. The Balaban J connectivity index is 1.96. The molecule has 1 aliphatic carbocycles. The Hall–Kier alpha value is 0. The molecule has 0 heteroatoms. The fourth-order valence-electron chi connectivity index (χ4n) is 1.71. The van der Waals surface area contributed by atoms with Crippen LogP contribution in [-0.2, 0) is 0 Å². The largest absolute Gasteiger partial charge is 0.0651 e. The minimum atomic E-state index is 0.915. The van der Waals surface area contributed by atoms with Gasteiger partial charge in [0.15, 0.2) is 0 Å². The van der Waals surface area contributed by atoms with Gasteiger partial charge in [-0.25, -0.2) is 0 Å². The second-order valence-corrected chi connectivity index (χ2v) is 4.14. The summed E-state index contributed by atoms with van der Waals surface area (Å²) in [5, 5.41) is 0. The van der Waals surface area contributed by atoms with Crippen molar-refractivity contribution in [3.8, 4) is 0 Å². The first-order valence-electron chi connectivity index (χ1n) is 4.74. The molecule has 0 heterocycles. The molecule has 0 bridgehead atoms. The van der Waals surface area contributed by atoms with Gasteiger partial charge in [0.1, 0.15) is 0 Å². The highest BCUT2D eigenvalue weighted by Gasteiger charge is 2.34. The van der Waals surface area contributed by atoms with Gasteiger partial charge >= 0.3 is 0 Å². The molecule has 1 rings (SSSR count). The molecule has 2 atom stereocenters. The number of hydrogen-bond acceptors (Lipinski definition) is 0. The van der Waals surface area contributed by atoms with Gasteiger partial charge in [0, 0.05) is 0 Å². The zero-order valence-electron chi connectivity index (χ0n) is 7.56. The van der Waals surface area contributed by atoms with Gasteiger partial charge in [0.25, 0.3) is 0 Å². The summed E-state index contributed by atoms with van der Waals surface area (Å²) >= 11 is 0. The summed E-state index contributed by atoms with van der Waals surface area (Å²) in [6.45, 7) is 6.96. The second kappa shape index (κ2) is 3.41. The van der Waals surface area contributed by atoms with E-state index in [0.29, 0.717) is 0 Å². The molecule has 0 saturated heterocycles. The molecular formula is C10H20. The van der Waals surface area contributed by atoms with Gasteiger partial charge in [-0.15, -0.1) is 0 Å². The van der Waals surface area contributed by atoms with E-state index in [1.54, 1.807) is 0 Å². The van der Waals surface area contributed by atoms with E-state index in [9.17, 15) is 0 Å². The Morgan fingerprint density at radius 2 is 2.00 bits per heavy atom. The smallest absolute Gasteiger partial charge is 0.0383 e. The molecule has 1 aliphatic rings. The first-order valence-corrected chi connectivity index (χ1v) is 4.74. The molecule has 0 N–H and O–H groups in total. The molecule has 1 saturated carbocycles. The quantitative estimate of drug-likeness (QED) is 0.561. The Labute approximate surface area is 65.0 Å². The molecule has 10 heavy (non-hydrogen) atoms. The zero-order valence-corrected chi connectivity index (χ0v) is 7.56. The van der Waals surface area contributed by atoms with Crippen LogP contribution in [0.2, 0.25) is 0 Å². The van der Waals surface area contributed by atoms with E-state index in [1.807, 2.05) is 0 Å². The van der Waals surface area contributed by atoms with Crippen LogP contribution in [0.4, 0.5) is 0 Å². The molecule has 0 nitrogen and oxygen atoms in total. The summed E-state index contributed by atoms with van der Waals surface area (Å²) in [5.41, 5.74) is 0. The zero-order chi connectivity index (χ0) is 7.56. The Morgan fingerprint density at radius 1 is 1.30 bits per heavy atom. The van der Waals surface area contributed by atoms with Crippen LogP contribution in [0.25, 0.3) is 0 Å². The average molecular weight is 140 g/mol. The first kappa shape index (κ1) is 8.10. The molecule has 0 aliphatic heterocycles. The van der Waals surface area contributed by atoms with Crippen molar-refractivity contribution in [2.45, 2.75) is 46.5 Å². The van der Waals surface area contributed by atoms with Gasteiger partial charge in [0.2, 0.25) is 0 Å². The molecule has 1 fully saturated rings.